The van der Waals surface area contributed by atoms with Gasteiger partial charge in [0.2, 0.25) is 0 Å². The molecule has 0 spiro atoms. The molecular formula is C11H15NO2S. The van der Waals surface area contributed by atoms with Gasteiger partial charge < -0.3 is 5.32 Å². The Morgan fingerprint density at radius 2 is 1.93 bits per heavy atom. The first-order chi connectivity index (χ1) is 7.01. The molecule has 1 aliphatic heterocycles. The molecule has 0 aromatic heterocycles. The lowest BCUT2D eigenvalue weighted by Crippen LogP contribution is -2.51. The van der Waals surface area contributed by atoms with Crippen molar-refractivity contribution in [1.29, 1.82) is 0 Å². The van der Waals surface area contributed by atoms with Crippen LogP contribution >= 0.6 is 0 Å². The summed E-state index contributed by atoms with van der Waals surface area (Å²) in [5.41, 5.74) is 1.83. The quantitative estimate of drug-likeness (QED) is 0.818. The van der Waals surface area contributed by atoms with Crippen LogP contribution in [-0.4, -0.2) is 26.8 Å². The third-order valence-electron chi connectivity index (χ3n) is 2.83. The van der Waals surface area contributed by atoms with Gasteiger partial charge in [0.15, 0.2) is 9.84 Å². The lowest BCUT2D eigenvalue weighted by Gasteiger charge is -2.27. The minimum Gasteiger partial charge on any atom is -0.314 e. The molecule has 0 amide bonds. The van der Waals surface area contributed by atoms with E-state index in [-0.39, 0.29) is 5.25 Å². The largest absolute Gasteiger partial charge is 0.314 e. The second-order valence-corrected chi connectivity index (χ2v) is 6.29. The smallest absolute Gasteiger partial charge is 0.183 e. The molecule has 1 fully saturated rings. The van der Waals surface area contributed by atoms with Crippen molar-refractivity contribution in [2.45, 2.75) is 24.0 Å². The van der Waals surface area contributed by atoms with E-state index in [4.69, 9.17) is 0 Å². The monoisotopic (exact) mass is 225 g/mol. The summed E-state index contributed by atoms with van der Waals surface area (Å²) in [6.45, 7) is 4.92. The molecule has 0 saturated carbocycles. The zero-order chi connectivity index (χ0) is 11.1. The molecular weight excluding hydrogens is 210 g/mol. The summed E-state index contributed by atoms with van der Waals surface area (Å²) < 4.78 is 24.3. The van der Waals surface area contributed by atoms with E-state index < -0.39 is 9.84 Å². The zero-order valence-electron chi connectivity index (χ0n) is 8.95. The number of rotatable bonds is 2. The van der Waals surface area contributed by atoms with Gasteiger partial charge in [0.25, 0.3) is 0 Å². The molecule has 82 valence electrons. The zero-order valence-corrected chi connectivity index (χ0v) is 9.76. The Morgan fingerprint density at radius 1 is 1.27 bits per heavy atom. The summed E-state index contributed by atoms with van der Waals surface area (Å²) in [6.07, 6.45) is 0. The van der Waals surface area contributed by atoms with Crippen LogP contribution in [0.25, 0.3) is 0 Å². The van der Waals surface area contributed by atoms with E-state index in [0.717, 1.165) is 11.1 Å². The fourth-order valence-corrected chi connectivity index (χ4v) is 3.58. The van der Waals surface area contributed by atoms with Gasteiger partial charge in [-0.3, -0.25) is 0 Å². The minimum absolute atomic E-state index is 0.238. The number of sulfone groups is 1. The van der Waals surface area contributed by atoms with Gasteiger partial charge in [0.1, 0.15) is 0 Å². The van der Waals surface area contributed by atoms with Gasteiger partial charge in [-0.25, -0.2) is 8.42 Å². The Hall–Kier alpha value is -0.870. The normalized spacial score (nSPS) is 17.5. The van der Waals surface area contributed by atoms with Crippen LogP contribution in [0.5, 0.6) is 0 Å². The number of benzene rings is 1. The standard InChI is InChI=1S/C11H15NO2S/c1-8-3-4-9(2)11(5-8)15(13,14)10-6-12-7-10/h3-5,10,12H,6-7H2,1-2H3. The van der Waals surface area contributed by atoms with Crippen molar-refractivity contribution in [3.05, 3.63) is 29.3 Å². The second-order valence-electron chi connectivity index (χ2n) is 4.09. The Bertz CT molecular complexity index is 475. The molecule has 1 heterocycles. The Balaban J connectivity index is 2.48. The van der Waals surface area contributed by atoms with Gasteiger partial charge in [-0.1, -0.05) is 12.1 Å². The number of hydrogen-bond donors (Lipinski definition) is 1. The number of aryl methyl sites for hydroxylation is 2. The van der Waals surface area contributed by atoms with Crippen molar-refractivity contribution >= 4 is 9.84 Å². The lowest BCUT2D eigenvalue weighted by atomic mass is 10.2. The lowest BCUT2D eigenvalue weighted by molar-refractivity contribution is 0.495. The maximum absolute atomic E-state index is 12.1. The van der Waals surface area contributed by atoms with Crippen molar-refractivity contribution in [1.82, 2.24) is 5.32 Å². The van der Waals surface area contributed by atoms with Crippen LogP contribution < -0.4 is 5.32 Å². The molecule has 1 aromatic carbocycles. The highest BCUT2D eigenvalue weighted by atomic mass is 32.2. The first-order valence-electron chi connectivity index (χ1n) is 5.03. The number of hydrogen-bond acceptors (Lipinski definition) is 3. The third kappa shape index (κ3) is 1.79. The third-order valence-corrected chi connectivity index (χ3v) is 5.10. The van der Waals surface area contributed by atoms with E-state index in [1.165, 1.54) is 0 Å². The Morgan fingerprint density at radius 3 is 2.47 bits per heavy atom. The van der Waals surface area contributed by atoms with Crippen molar-refractivity contribution in [2.24, 2.45) is 0 Å². The minimum atomic E-state index is -3.12. The SMILES string of the molecule is Cc1ccc(C)c(S(=O)(=O)C2CNC2)c1. The first-order valence-corrected chi connectivity index (χ1v) is 6.58. The molecule has 0 radical (unpaired) electrons. The van der Waals surface area contributed by atoms with E-state index in [2.05, 4.69) is 5.32 Å². The van der Waals surface area contributed by atoms with Crippen molar-refractivity contribution in [3.63, 3.8) is 0 Å². The molecule has 1 aliphatic rings. The van der Waals surface area contributed by atoms with E-state index >= 15 is 0 Å². The van der Waals surface area contributed by atoms with Gasteiger partial charge in [-0.05, 0) is 31.0 Å². The fraction of sp³-hybridized carbons (Fsp3) is 0.455. The Kier molecular flexibility index (Phi) is 2.56. The van der Waals surface area contributed by atoms with E-state index in [9.17, 15) is 8.42 Å². The molecule has 4 heteroatoms. The van der Waals surface area contributed by atoms with Crippen LogP contribution in [0, 0.1) is 13.8 Å². The molecule has 3 nitrogen and oxygen atoms in total. The molecule has 2 rings (SSSR count). The molecule has 0 aliphatic carbocycles. The predicted molar refractivity (Wildman–Crippen MR) is 59.8 cm³/mol. The van der Waals surface area contributed by atoms with Crippen molar-refractivity contribution < 1.29 is 8.42 Å². The highest BCUT2D eigenvalue weighted by Gasteiger charge is 2.33. The number of nitrogens with one attached hydrogen (secondary N) is 1. The molecule has 0 bridgehead atoms. The highest BCUT2D eigenvalue weighted by molar-refractivity contribution is 7.92. The maximum atomic E-state index is 12.1. The molecule has 1 saturated heterocycles. The summed E-state index contributed by atoms with van der Waals surface area (Å²) in [5.74, 6) is 0. The van der Waals surface area contributed by atoms with Crippen LogP contribution in [0.2, 0.25) is 0 Å². The summed E-state index contributed by atoms with van der Waals surface area (Å²) in [5, 5.41) is 2.75. The van der Waals surface area contributed by atoms with Crippen molar-refractivity contribution in [3.8, 4) is 0 Å². The average Bonchev–Trinajstić information content (AvgIpc) is 2.05. The predicted octanol–water partition coefficient (Wildman–Crippen LogP) is 1.05. The summed E-state index contributed by atoms with van der Waals surface area (Å²) in [7, 11) is -3.12. The van der Waals surface area contributed by atoms with Crippen LogP contribution in [0.15, 0.2) is 23.1 Å². The molecule has 0 atom stereocenters. The molecule has 15 heavy (non-hydrogen) atoms. The van der Waals surface area contributed by atoms with Crippen LogP contribution in [-0.2, 0) is 9.84 Å². The van der Waals surface area contributed by atoms with Gasteiger partial charge in [-0.2, -0.15) is 0 Å². The summed E-state index contributed by atoms with van der Waals surface area (Å²) in [6, 6.07) is 5.57. The van der Waals surface area contributed by atoms with E-state index in [1.807, 2.05) is 26.0 Å². The van der Waals surface area contributed by atoms with Gasteiger partial charge in [0, 0.05) is 13.1 Å². The van der Waals surface area contributed by atoms with E-state index in [0.29, 0.717) is 18.0 Å². The molecule has 1 aromatic rings. The van der Waals surface area contributed by atoms with E-state index in [1.54, 1.807) is 6.07 Å². The topological polar surface area (TPSA) is 46.2 Å². The van der Waals surface area contributed by atoms with Gasteiger partial charge in [-0.15, -0.1) is 0 Å². The van der Waals surface area contributed by atoms with Crippen molar-refractivity contribution in [2.75, 3.05) is 13.1 Å². The van der Waals surface area contributed by atoms with Crippen LogP contribution in [0.4, 0.5) is 0 Å². The maximum Gasteiger partial charge on any atom is 0.183 e. The Labute approximate surface area is 90.4 Å². The van der Waals surface area contributed by atoms with Gasteiger partial charge >= 0.3 is 0 Å². The first kappa shape index (κ1) is 10.6. The average molecular weight is 225 g/mol. The molecule has 0 unspecified atom stereocenters. The summed E-state index contributed by atoms with van der Waals surface area (Å²) >= 11 is 0. The highest BCUT2D eigenvalue weighted by Crippen LogP contribution is 2.23. The fourth-order valence-electron chi connectivity index (χ4n) is 1.67. The summed E-state index contributed by atoms with van der Waals surface area (Å²) in [4.78, 5) is 0.494. The van der Waals surface area contributed by atoms with Gasteiger partial charge in [0.05, 0.1) is 10.1 Å². The second kappa shape index (κ2) is 3.61. The van der Waals surface area contributed by atoms with Crippen LogP contribution in [0.1, 0.15) is 11.1 Å². The van der Waals surface area contributed by atoms with Crippen LogP contribution in [0.3, 0.4) is 0 Å². The molecule has 1 N–H and O–H groups in total.